The van der Waals surface area contributed by atoms with E-state index in [0.717, 1.165) is 24.1 Å². The number of hydrogen-bond donors (Lipinski definition) is 1. The summed E-state index contributed by atoms with van der Waals surface area (Å²) in [7, 11) is 0. The smallest absolute Gasteiger partial charge is 0.339 e. The van der Waals surface area contributed by atoms with Gasteiger partial charge in [-0.05, 0) is 18.9 Å². The van der Waals surface area contributed by atoms with Crippen molar-refractivity contribution in [3.8, 4) is 11.3 Å². The van der Waals surface area contributed by atoms with Crippen LogP contribution in [0.1, 0.15) is 29.3 Å². The lowest BCUT2D eigenvalue weighted by Gasteiger charge is -2.03. The van der Waals surface area contributed by atoms with Crippen molar-refractivity contribution < 1.29 is 9.90 Å². The molecule has 1 heterocycles. The lowest BCUT2D eigenvalue weighted by Crippen LogP contribution is -1.97. The molecule has 1 aromatic heterocycles. The summed E-state index contributed by atoms with van der Waals surface area (Å²) in [5.74, 6) is -0.935. The van der Waals surface area contributed by atoms with E-state index < -0.39 is 5.97 Å². The molecule has 0 saturated carbocycles. The van der Waals surface area contributed by atoms with Crippen LogP contribution in [0.2, 0.25) is 0 Å². The number of benzene rings is 1. The van der Waals surface area contributed by atoms with Gasteiger partial charge in [-0.3, -0.25) is 4.68 Å². The van der Waals surface area contributed by atoms with Crippen LogP contribution in [0.15, 0.2) is 30.5 Å². The van der Waals surface area contributed by atoms with E-state index in [0.29, 0.717) is 5.69 Å². The van der Waals surface area contributed by atoms with Gasteiger partial charge in [0, 0.05) is 18.3 Å². The normalized spacial score (nSPS) is 10.6. The molecule has 0 atom stereocenters. The predicted octanol–water partition coefficient (Wildman–Crippen LogP) is 2.97. The van der Waals surface area contributed by atoms with Crippen molar-refractivity contribution in [2.24, 2.45) is 0 Å². The maximum atomic E-state index is 11.3. The third-order valence-corrected chi connectivity index (χ3v) is 2.84. The largest absolute Gasteiger partial charge is 0.478 e. The average Bonchev–Trinajstić information content (AvgIpc) is 2.74. The molecule has 18 heavy (non-hydrogen) atoms. The van der Waals surface area contributed by atoms with E-state index in [1.165, 1.54) is 0 Å². The van der Waals surface area contributed by atoms with Crippen LogP contribution < -0.4 is 0 Å². The van der Waals surface area contributed by atoms with Gasteiger partial charge in [-0.15, -0.1) is 0 Å². The zero-order chi connectivity index (χ0) is 13.1. The van der Waals surface area contributed by atoms with Crippen LogP contribution in [0.5, 0.6) is 0 Å². The van der Waals surface area contributed by atoms with E-state index in [1.807, 2.05) is 38.1 Å². The second-order valence-electron chi connectivity index (χ2n) is 4.27. The van der Waals surface area contributed by atoms with Crippen LogP contribution in [0.4, 0.5) is 0 Å². The highest BCUT2D eigenvalue weighted by atomic mass is 16.4. The van der Waals surface area contributed by atoms with Gasteiger partial charge in [-0.1, -0.05) is 31.2 Å². The Labute approximate surface area is 106 Å². The quantitative estimate of drug-likeness (QED) is 0.899. The molecule has 2 aromatic rings. The number of carboxylic acids is 1. The molecule has 0 bridgehead atoms. The predicted molar refractivity (Wildman–Crippen MR) is 69.7 cm³/mol. The maximum Gasteiger partial charge on any atom is 0.339 e. The molecule has 4 nitrogen and oxygen atoms in total. The molecule has 0 amide bonds. The number of hydrogen-bond acceptors (Lipinski definition) is 2. The van der Waals surface area contributed by atoms with Gasteiger partial charge in [-0.25, -0.2) is 4.79 Å². The first-order chi connectivity index (χ1) is 8.63. The number of aromatic nitrogens is 2. The summed E-state index contributed by atoms with van der Waals surface area (Å²) >= 11 is 0. The van der Waals surface area contributed by atoms with Crippen LogP contribution in [-0.2, 0) is 6.54 Å². The fourth-order valence-electron chi connectivity index (χ4n) is 1.96. The van der Waals surface area contributed by atoms with E-state index in [9.17, 15) is 9.90 Å². The number of nitrogens with zero attached hydrogens (tertiary/aromatic N) is 2. The summed E-state index contributed by atoms with van der Waals surface area (Å²) in [5, 5.41) is 13.6. The summed E-state index contributed by atoms with van der Waals surface area (Å²) < 4.78 is 1.70. The lowest BCUT2D eigenvalue weighted by molar-refractivity contribution is 0.0697. The molecule has 1 N–H and O–H groups in total. The van der Waals surface area contributed by atoms with E-state index in [-0.39, 0.29) is 5.56 Å². The average molecular weight is 244 g/mol. The number of rotatable bonds is 4. The Morgan fingerprint density at radius 3 is 2.72 bits per heavy atom. The monoisotopic (exact) mass is 244 g/mol. The summed E-state index contributed by atoms with van der Waals surface area (Å²) in [6.45, 7) is 4.72. The third-order valence-electron chi connectivity index (χ3n) is 2.84. The number of carbonyl (C=O) groups is 1. The summed E-state index contributed by atoms with van der Waals surface area (Å²) in [6, 6.07) is 7.69. The van der Waals surface area contributed by atoms with Crippen molar-refractivity contribution in [1.29, 1.82) is 0 Å². The molecule has 0 saturated heterocycles. The zero-order valence-electron chi connectivity index (χ0n) is 10.6. The zero-order valence-corrected chi connectivity index (χ0v) is 10.6. The molecule has 0 spiro atoms. The van der Waals surface area contributed by atoms with Crippen LogP contribution in [0.25, 0.3) is 11.3 Å². The highest BCUT2D eigenvalue weighted by Gasteiger charge is 2.17. The van der Waals surface area contributed by atoms with Gasteiger partial charge in [0.2, 0.25) is 0 Å². The minimum absolute atomic E-state index is 0.262. The molecule has 1 aromatic carbocycles. The van der Waals surface area contributed by atoms with Crippen molar-refractivity contribution in [1.82, 2.24) is 9.78 Å². The van der Waals surface area contributed by atoms with Gasteiger partial charge in [0.05, 0.1) is 0 Å². The Kier molecular flexibility index (Phi) is 3.46. The van der Waals surface area contributed by atoms with Gasteiger partial charge in [-0.2, -0.15) is 5.10 Å². The van der Waals surface area contributed by atoms with Crippen molar-refractivity contribution in [3.63, 3.8) is 0 Å². The van der Waals surface area contributed by atoms with Crippen LogP contribution in [-0.4, -0.2) is 20.9 Å². The third kappa shape index (κ3) is 2.27. The van der Waals surface area contributed by atoms with E-state index in [1.54, 1.807) is 10.9 Å². The molecule has 0 aliphatic heterocycles. The molecule has 0 unspecified atom stereocenters. The first kappa shape index (κ1) is 12.4. The SMILES string of the molecule is CCCn1cc(C(=O)O)c(-c2ccccc2C)n1. The van der Waals surface area contributed by atoms with Crippen molar-refractivity contribution in [2.75, 3.05) is 0 Å². The highest BCUT2D eigenvalue weighted by molar-refractivity contribution is 5.95. The van der Waals surface area contributed by atoms with Crippen LogP contribution in [0.3, 0.4) is 0 Å². The fraction of sp³-hybridized carbons (Fsp3) is 0.286. The topological polar surface area (TPSA) is 55.1 Å². The molecule has 0 aliphatic rings. The van der Waals surface area contributed by atoms with Crippen molar-refractivity contribution in [3.05, 3.63) is 41.6 Å². The van der Waals surface area contributed by atoms with Gasteiger partial charge >= 0.3 is 5.97 Å². The standard InChI is InChI=1S/C14H16N2O2/c1-3-8-16-9-12(14(17)18)13(15-16)11-7-5-4-6-10(11)2/h4-7,9H,3,8H2,1-2H3,(H,17,18). The number of aromatic carboxylic acids is 1. The molecule has 94 valence electrons. The Morgan fingerprint density at radius 2 is 2.11 bits per heavy atom. The first-order valence-electron chi connectivity index (χ1n) is 6.00. The minimum Gasteiger partial charge on any atom is -0.478 e. The molecular formula is C14H16N2O2. The van der Waals surface area contributed by atoms with Crippen molar-refractivity contribution in [2.45, 2.75) is 26.8 Å². The molecular weight excluding hydrogens is 228 g/mol. The Hall–Kier alpha value is -2.10. The van der Waals surface area contributed by atoms with Gasteiger partial charge in [0.15, 0.2) is 0 Å². The van der Waals surface area contributed by atoms with Crippen LogP contribution >= 0.6 is 0 Å². The summed E-state index contributed by atoms with van der Waals surface area (Å²) in [5.41, 5.74) is 2.72. The summed E-state index contributed by atoms with van der Waals surface area (Å²) in [4.78, 5) is 11.3. The Bertz CT molecular complexity index is 573. The lowest BCUT2D eigenvalue weighted by atomic mass is 10.0. The fourth-order valence-corrected chi connectivity index (χ4v) is 1.96. The Morgan fingerprint density at radius 1 is 1.39 bits per heavy atom. The minimum atomic E-state index is -0.935. The van der Waals surface area contributed by atoms with Gasteiger partial charge in [0.25, 0.3) is 0 Å². The number of aryl methyl sites for hydroxylation is 2. The van der Waals surface area contributed by atoms with E-state index in [4.69, 9.17) is 0 Å². The maximum absolute atomic E-state index is 11.3. The van der Waals surface area contributed by atoms with E-state index in [2.05, 4.69) is 5.10 Å². The first-order valence-corrected chi connectivity index (χ1v) is 6.00. The van der Waals surface area contributed by atoms with Gasteiger partial charge in [0.1, 0.15) is 11.3 Å². The summed E-state index contributed by atoms with van der Waals surface area (Å²) in [6.07, 6.45) is 2.53. The molecule has 4 heteroatoms. The molecule has 0 aliphatic carbocycles. The van der Waals surface area contributed by atoms with Crippen LogP contribution in [0, 0.1) is 6.92 Å². The molecule has 0 fully saturated rings. The number of carboxylic acid groups (broad SMARTS) is 1. The molecule has 0 radical (unpaired) electrons. The highest BCUT2D eigenvalue weighted by Crippen LogP contribution is 2.25. The Balaban J connectivity index is 2.55. The second kappa shape index (κ2) is 5.04. The molecule has 2 rings (SSSR count). The second-order valence-corrected chi connectivity index (χ2v) is 4.27. The van der Waals surface area contributed by atoms with Gasteiger partial charge < -0.3 is 5.11 Å². The van der Waals surface area contributed by atoms with Crippen molar-refractivity contribution >= 4 is 5.97 Å². The van der Waals surface area contributed by atoms with E-state index >= 15 is 0 Å².